The van der Waals surface area contributed by atoms with Crippen LogP contribution in [0.4, 0.5) is 0 Å². The number of nitrogens with zero attached hydrogens (tertiary/aromatic N) is 2. The molecule has 2 aromatic rings. The average molecular weight is 256 g/mol. The van der Waals surface area contributed by atoms with Gasteiger partial charge in [-0.3, -0.25) is 4.68 Å². The molecule has 1 aliphatic carbocycles. The molecule has 0 fully saturated rings. The van der Waals surface area contributed by atoms with Gasteiger partial charge in [0.25, 0.3) is 0 Å². The van der Waals surface area contributed by atoms with Crippen LogP contribution in [-0.2, 0) is 19.4 Å². The summed E-state index contributed by atoms with van der Waals surface area (Å²) in [6, 6.07) is 10.3. The van der Waals surface area contributed by atoms with E-state index in [2.05, 4.69) is 12.1 Å². The van der Waals surface area contributed by atoms with Gasteiger partial charge in [-0.2, -0.15) is 5.10 Å². The molecule has 0 aliphatic heterocycles. The number of hydrogen-bond acceptors (Lipinski definition) is 2. The van der Waals surface area contributed by atoms with Crippen molar-refractivity contribution >= 4 is 0 Å². The van der Waals surface area contributed by atoms with E-state index in [0.717, 1.165) is 25.1 Å². The highest BCUT2D eigenvalue weighted by atomic mass is 16.3. The van der Waals surface area contributed by atoms with Crippen molar-refractivity contribution in [2.45, 2.75) is 45.3 Å². The van der Waals surface area contributed by atoms with E-state index >= 15 is 0 Å². The molecular weight excluding hydrogens is 236 g/mol. The van der Waals surface area contributed by atoms with E-state index in [4.69, 9.17) is 5.10 Å². The smallest absolute Gasteiger partial charge is 0.0931 e. The van der Waals surface area contributed by atoms with Gasteiger partial charge in [0.2, 0.25) is 0 Å². The van der Waals surface area contributed by atoms with Gasteiger partial charge in [0, 0.05) is 0 Å². The molecule has 0 bridgehead atoms. The maximum absolute atomic E-state index is 10.1. The predicted octanol–water partition coefficient (Wildman–Crippen LogP) is 2.86. The Hall–Kier alpha value is -1.61. The lowest BCUT2D eigenvalue weighted by atomic mass is 9.94. The van der Waals surface area contributed by atoms with Crippen molar-refractivity contribution < 1.29 is 5.11 Å². The second-order valence-electron chi connectivity index (χ2n) is 5.34. The van der Waals surface area contributed by atoms with Crippen LogP contribution >= 0.6 is 0 Å². The Kier molecular flexibility index (Phi) is 3.38. The van der Waals surface area contributed by atoms with Crippen LogP contribution in [-0.4, -0.2) is 14.9 Å². The monoisotopic (exact) mass is 256 g/mol. The van der Waals surface area contributed by atoms with Crippen molar-refractivity contribution in [3.63, 3.8) is 0 Å². The summed E-state index contributed by atoms with van der Waals surface area (Å²) < 4.78 is 2.00. The van der Waals surface area contributed by atoms with E-state index < -0.39 is 6.10 Å². The van der Waals surface area contributed by atoms with Gasteiger partial charge in [0.15, 0.2) is 0 Å². The van der Waals surface area contributed by atoms with Gasteiger partial charge in [-0.15, -0.1) is 0 Å². The zero-order valence-corrected chi connectivity index (χ0v) is 11.3. The van der Waals surface area contributed by atoms with Crippen molar-refractivity contribution in [1.82, 2.24) is 9.78 Å². The number of fused-ring (bicyclic) bond motifs is 1. The number of aliphatic hydroxyl groups is 1. The van der Waals surface area contributed by atoms with Gasteiger partial charge in [-0.25, -0.2) is 0 Å². The molecule has 3 nitrogen and oxygen atoms in total. The molecule has 0 amide bonds. The number of benzene rings is 1. The summed E-state index contributed by atoms with van der Waals surface area (Å²) in [4.78, 5) is 0. The lowest BCUT2D eigenvalue weighted by Gasteiger charge is -2.14. The number of aryl methyl sites for hydroxylation is 1. The van der Waals surface area contributed by atoms with Gasteiger partial charge in [-0.05, 0) is 43.7 Å². The Bertz CT molecular complexity index is 558. The highest BCUT2D eigenvalue weighted by Gasteiger charge is 2.23. The standard InChI is InChI=1S/C16H20N2O/c1-12(19)16-14-9-5-6-10-15(14)17-18(16)11-13-7-3-2-4-8-13/h2-4,7-8,12,19H,5-6,9-11H2,1H3. The van der Waals surface area contributed by atoms with Crippen LogP contribution in [0.5, 0.6) is 0 Å². The molecule has 100 valence electrons. The number of rotatable bonds is 3. The van der Waals surface area contributed by atoms with Crippen LogP contribution in [0.25, 0.3) is 0 Å². The fourth-order valence-corrected chi connectivity index (χ4v) is 2.98. The molecule has 0 spiro atoms. The summed E-state index contributed by atoms with van der Waals surface area (Å²) in [6.07, 6.45) is 4.09. The molecular formula is C16H20N2O. The van der Waals surface area contributed by atoms with Crippen LogP contribution in [0, 0.1) is 0 Å². The first-order valence-electron chi connectivity index (χ1n) is 7.06. The van der Waals surface area contributed by atoms with E-state index in [0.29, 0.717) is 0 Å². The maximum atomic E-state index is 10.1. The third kappa shape index (κ3) is 2.43. The van der Waals surface area contributed by atoms with Crippen LogP contribution in [0.3, 0.4) is 0 Å². The van der Waals surface area contributed by atoms with Crippen molar-refractivity contribution in [2.75, 3.05) is 0 Å². The molecule has 1 aliphatic rings. The normalized spacial score (nSPS) is 16.1. The highest BCUT2D eigenvalue weighted by Crippen LogP contribution is 2.28. The Morgan fingerprint density at radius 3 is 2.68 bits per heavy atom. The summed E-state index contributed by atoms with van der Waals surface area (Å²) in [5, 5.41) is 14.8. The van der Waals surface area contributed by atoms with Crippen LogP contribution in [0.15, 0.2) is 30.3 Å². The van der Waals surface area contributed by atoms with Gasteiger partial charge in [-0.1, -0.05) is 30.3 Å². The first-order valence-corrected chi connectivity index (χ1v) is 7.06. The molecule has 1 aromatic heterocycles. The Morgan fingerprint density at radius 2 is 1.95 bits per heavy atom. The van der Waals surface area contributed by atoms with Crippen molar-refractivity contribution in [3.05, 3.63) is 52.8 Å². The number of aromatic nitrogens is 2. The third-order valence-corrected chi connectivity index (χ3v) is 3.84. The van der Waals surface area contributed by atoms with E-state index in [1.165, 1.54) is 29.7 Å². The van der Waals surface area contributed by atoms with Crippen molar-refractivity contribution in [2.24, 2.45) is 0 Å². The van der Waals surface area contributed by atoms with E-state index in [-0.39, 0.29) is 0 Å². The molecule has 19 heavy (non-hydrogen) atoms. The largest absolute Gasteiger partial charge is 0.387 e. The molecule has 0 saturated heterocycles. The maximum Gasteiger partial charge on any atom is 0.0931 e. The Labute approximate surface area is 113 Å². The lowest BCUT2D eigenvalue weighted by Crippen LogP contribution is -2.10. The fraction of sp³-hybridized carbons (Fsp3) is 0.438. The van der Waals surface area contributed by atoms with E-state index in [1.807, 2.05) is 29.8 Å². The summed E-state index contributed by atoms with van der Waals surface area (Å²) in [5.74, 6) is 0. The molecule has 1 N–H and O–H groups in total. The predicted molar refractivity (Wildman–Crippen MR) is 75.0 cm³/mol. The van der Waals surface area contributed by atoms with Gasteiger partial charge < -0.3 is 5.11 Å². The van der Waals surface area contributed by atoms with Crippen LogP contribution in [0.1, 0.15) is 48.4 Å². The van der Waals surface area contributed by atoms with Crippen molar-refractivity contribution in [1.29, 1.82) is 0 Å². The Balaban J connectivity index is 1.98. The minimum Gasteiger partial charge on any atom is -0.387 e. The number of aliphatic hydroxyl groups excluding tert-OH is 1. The quantitative estimate of drug-likeness (QED) is 0.917. The second-order valence-corrected chi connectivity index (χ2v) is 5.34. The Morgan fingerprint density at radius 1 is 1.21 bits per heavy atom. The van der Waals surface area contributed by atoms with Crippen molar-refractivity contribution in [3.8, 4) is 0 Å². The average Bonchev–Trinajstić information content (AvgIpc) is 2.77. The van der Waals surface area contributed by atoms with Crippen LogP contribution < -0.4 is 0 Å². The van der Waals surface area contributed by atoms with Gasteiger partial charge in [0.1, 0.15) is 0 Å². The minimum absolute atomic E-state index is 0.446. The summed E-state index contributed by atoms with van der Waals surface area (Å²) in [5.41, 5.74) is 4.72. The molecule has 1 aromatic carbocycles. The van der Waals surface area contributed by atoms with E-state index in [9.17, 15) is 5.11 Å². The zero-order chi connectivity index (χ0) is 13.2. The van der Waals surface area contributed by atoms with Gasteiger partial charge in [0.05, 0.1) is 24.0 Å². The first-order chi connectivity index (χ1) is 9.25. The lowest BCUT2D eigenvalue weighted by molar-refractivity contribution is 0.186. The second kappa shape index (κ2) is 5.17. The molecule has 3 heteroatoms. The van der Waals surface area contributed by atoms with Gasteiger partial charge >= 0.3 is 0 Å². The molecule has 0 radical (unpaired) electrons. The molecule has 1 atom stereocenters. The molecule has 1 heterocycles. The molecule has 0 saturated carbocycles. The molecule has 3 rings (SSSR count). The third-order valence-electron chi connectivity index (χ3n) is 3.84. The van der Waals surface area contributed by atoms with Crippen LogP contribution in [0.2, 0.25) is 0 Å². The first kappa shape index (κ1) is 12.4. The SMILES string of the molecule is CC(O)c1c2c(nn1Cc1ccccc1)CCCC2. The fourth-order valence-electron chi connectivity index (χ4n) is 2.98. The summed E-state index contributed by atoms with van der Waals surface area (Å²) >= 11 is 0. The minimum atomic E-state index is -0.446. The number of hydrogen-bond donors (Lipinski definition) is 1. The topological polar surface area (TPSA) is 38.1 Å². The summed E-state index contributed by atoms with van der Waals surface area (Å²) in [7, 11) is 0. The zero-order valence-electron chi connectivity index (χ0n) is 11.3. The highest BCUT2D eigenvalue weighted by molar-refractivity contribution is 5.31. The molecule has 1 unspecified atom stereocenters. The summed E-state index contributed by atoms with van der Waals surface area (Å²) in [6.45, 7) is 2.58. The van der Waals surface area contributed by atoms with E-state index in [1.54, 1.807) is 0 Å².